The summed E-state index contributed by atoms with van der Waals surface area (Å²) in [5.41, 5.74) is 0.898. The second-order valence-electron chi connectivity index (χ2n) is 4.35. The average molecular weight is 250 g/mol. The molecule has 0 aliphatic carbocycles. The van der Waals surface area contributed by atoms with Crippen LogP contribution in [0.3, 0.4) is 0 Å². The summed E-state index contributed by atoms with van der Waals surface area (Å²) < 4.78 is 5.18. The van der Waals surface area contributed by atoms with Crippen LogP contribution in [0, 0.1) is 0 Å². The van der Waals surface area contributed by atoms with Gasteiger partial charge in [-0.2, -0.15) is 0 Å². The van der Waals surface area contributed by atoms with Crippen molar-refractivity contribution in [1.82, 2.24) is 4.90 Å². The van der Waals surface area contributed by atoms with Crippen LogP contribution in [-0.2, 0) is 4.79 Å². The number of likely N-dealkylation sites (N-methyl/N-ethyl adjacent to an activating group) is 1. The van der Waals surface area contributed by atoms with Gasteiger partial charge in [-0.25, -0.2) is 0 Å². The number of carbonyl (C=O) groups excluding carboxylic acids is 1. The molecule has 1 unspecified atom stereocenters. The van der Waals surface area contributed by atoms with Crippen molar-refractivity contribution in [1.29, 1.82) is 0 Å². The number of rotatable bonds is 3. The van der Waals surface area contributed by atoms with Gasteiger partial charge in [-0.05, 0) is 12.1 Å². The van der Waals surface area contributed by atoms with Crippen LogP contribution in [-0.4, -0.2) is 55.8 Å². The topological polar surface area (TPSA) is 53.0 Å². The quantitative estimate of drug-likeness (QED) is 0.840. The van der Waals surface area contributed by atoms with E-state index >= 15 is 0 Å². The average Bonchev–Trinajstić information content (AvgIpc) is 2.41. The number of piperazine rings is 1. The van der Waals surface area contributed by atoms with Crippen LogP contribution in [0.2, 0.25) is 0 Å². The lowest BCUT2D eigenvalue weighted by Crippen LogP contribution is -2.57. The molecule has 1 fully saturated rings. The molecule has 5 heteroatoms. The van der Waals surface area contributed by atoms with E-state index < -0.39 is 6.04 Å². The van der Waals surface area contributed by atoms with Gasteiger partial charge in [-0.3, -0.25) is 4.79 Å². The van der Waals surface area contributed by atoms with Crippen molar-refractivity contribution in [3.8, 4) is 5.75 Å². The molecule has 18 heavy (non-hydrogen) atoms. The van der Waals surface area contributed by atoms with E-state index in [4.69, 9.17) is 4.74 Å². The number of carbonyl (C=O) groups is 1. The van der Waals surface area contributed by atoms with Crippen LogP contribution in [0.4, 0.5) is 5.69 Å². The third-order valence-electron chi connectivity index (χ3n) is 3.27. The lowest BCUT2D eigenvalue weighted by Gasteiger charge is -2.39. The standard InChI is InChI=1S/C13H18N2O3/c1-14-6-7-15(12(9-16)13(14)17)10-4-3-5-11(8-10)18-2/h3-5,8,12,16H,6-7,9H2,1-2H3. The lowest BCUT2D eigenvalue weighted by atomic mass is 10.1. The Kier molecular flexibility index (Phi) is 3.72. The van der Waals surface area contributed by atoms with Gasteiger partial charge >= 0.3 is 0 Å². The molecule has 0 saturated carbocycles. The van der Waals surface area contributed by atoms with Gasteiger partial charge in [0.15, 0.2) is 0 Å². The molecule has 1 heterocycles. The molecule has 0 radical (unpaired) electrons. The third kappa shape index (κ3) is 2.26. The summed E-state index contributed by atoms with van der Waals surface area (Å²) >= 11 is 0. The van der Waals surface area contributed by atoms with Crippen molar-refractivity contribution in [2.75, 3.05) is 38.8 Å². The van der Waals surface area contributed by atoms with Gasteiger partial charge < -0.3 is 19.6 Å². The highest BCUT2D eigenvalue weighted by Gasteiger charge is 2.32. The van der Waals surface area contributed by atoms with Crippen molar-refractivity contribution in [2.45, 2.75) is 6.04 Å². The first-order valence-electron chi connectivity index (χ1n) is 5.94. The number of nitrogens with zero attached hydrogens (tertiary/aromatic N) is 2. The number of hydrogen-bond donors (Lipinski definition) is 1. The van der Waals surface area contributed by atoms with Crippen molar-refractivity contribution in [3.63, 3.8) is 0 Å². The van der Waals surface area contributed by atoms with Gasteiger partial charge in [0.2, 0.25) is 5.91 Å². The first-order valence-corrected chi connectivity index (χ1v) is 5.94. The number of methoxy groups -OCH3 is 1. The molecule has 98 valence electrons. The Morgan fingerprint density at radius 3 is 2.89 bits per heavy atom. The van der Waals surface area contributed by atoms with E-state index in [9.17, 15) is 9.90 Å². The summed E-state index contributed by atoms with van der Waals surface area (Å²) in [6.45, 7) is 1.19. The summed E-state index contributed by atoms with van der Waals surface area (Å²) in [5, 5.41) is 9.42. The fourth-order valence-electron chi connectivity index (χ4n) is 2.19. The molecule has 0 spiro atoms. The maximum absolute atomic E-state index is 12.0. The predicted octanol–water partition coefficient (Wildman–Crippen LogP) is 0.334. The molecule has 0 bridgehead atoms. The zero-order chi connectivity index (χ0) is 13.1. The minimum Gasteiger partial charge on any atom is -0.497 e. The van der Waals surface area contributed by atoms with Crippen LogP contribution in [0.15, 0.2) is 24.3 Å². The summed E-state index contributed by atoms with van der Waals surface area (Å²) in [5.74, 6) is 0.696. The molecule has 1 N–H and O–H groups in total. The largest absolute Gasteiger partial charge is 0.497 e. The normalized spacial score (nSPS) is 20.2. The smallest absolute Gasteiger partial charge is 0.247 e. The van der Waals surface area contributed by atoms with Crippen LogP contribution >= 0.6 is 0 Å². The number of anilines is 1. The summed E-state index contributed by atoms with van der Waals surface area (Å²) in [7, 11) is 3.37. The number of ether oxygens (including phenoxy) is 1. The number of amides is 1. The highest BCUT2D eigenvalue weighted by molar-refractivity contribution is 5.86. The Hall–Kier alpha value is -1.75. The Balaban J connectivity index is 2.27. The Morgan fingerprint density at radius 1 is 1.44 bits per heavy atom. The van der Waals surface area contributed by atoms with Gasteiger partial charge in [0, 0.05) is 31.9 Å². The number of benzene rings is 1. The molecule has 1 atom stereocenters. The predicted molar refractivity (Wildman–Crippen MR) is 68.9 cm³/mol. The van der Waals surface area contributed by atoms with Gasteiger partial charge in [-0.15, -0.1) is 0 Å². The molecule has 2 rings (SSSR count). The van der Waals surface area contributed by atoms with Crippen molar-refractivity contribution >= 4 is 11.6 Å². The molecule has 1 aromatic rings. The Morgan fingerprint density at radius 2 is 2.22 bits per heavy atom. The van der Waals surface area contributed by atoms with Crippen LogP contribution < -0.4 is 9.64 Å². The van der Waals surface area contributed by atoms with Crippen molar-refractivity contribution in [3.05, 3.63) is 24.3 Å². The highest BCUT2D eigenvalue weighted by Crippen LogP contribution is 2.24. The van der Waals surface area contributed by atoms with E-state index in [2.05, 4.69) is 0 Å². The van der Waals surface area contributed by atoms with E-state index in [1.807, 2.05) is 29.2 Å². The molecule has 1 aliphatic heterocycles. The summed E-state index contributed by atoms with van der Waals surface area (Å²) in [6, 6.07) is 7.03. The van der Waals surface area contributed by atoms with Gasteiger partial charge in [0.1, 0.15) is 11.8 Å². The number of aliphatic hydroxyl groups excluding tert-OH is 1. The molecule has 1 saturated heterocycles. The summed E-state index contributed by atoms with van der Waals surface area (Å²) in [6.07, 6.45) is 0. The van der Waals surface area contributed by atoms with E-state index in [-0.39, 0.29) is 12.5 Å². The number of hydrogen-bond acceptors (Lipinski definition) is 4. The molecular formula is C13H18N2O3. The Labute approximate surface area is 107 Å². The highest BCUT2D eigenvalue weighted by atomic mass is 16.5. The zero-order valence-corrected chi connectivity index (χ0v) is 10.7. The minimum absolute atomic E-state index is 0.0495. The monoisotopic (exact) mass is 250 g/mol. The minimum atomic E-state index is -0.504. The maximum Gasteiger partial charge on any atom is 0.247 e. The lowest BCUT2D eigenvalue weighted by molar-refractivity contribution is -0.133. The van der Waals surface area contributed by atoms with Gasteiger partial charge in [-0.1, -0.05) is 6.07 Å². The summed E-state index contributed by atoms with van der Waals surface area (Å²) in [4.78, 5) is 15.6. The molecule has 5 nitrogen and oxygen atoms in total. The van der Waals surface area contributed by atoms with E-state index in [1.54, 1.807) is 19.1 Å². The van der Waals surface area contributed by atoms with Crippen molar-refractivity contribution in [2.24, 2.45) is 0 Å². The van der Waals surface area contributed by atoms with Crippen LogP contribution in [0.25, 0.3) is 0 Å². The number of aliphatic hydroxyl groups is 1. The first kappa shape index (κ1) is 12.7. The first-order chi connectivity index (χ1) is 8.67. The van der Waals surface area contributed by atoms with Crippen LogP contribution in [0.5, 0.6) is 5.75 Å². The molecule has 1 amide bonds. The molecule has 1 aromatic carbocycles. The molecule has 1 aliphatic rings. The fourth-order valence-corrected chi connectivity index (χ4v) is 2.19. The van der Waals surface area contributed by atoms with E-state index in [1.165, 1.54) is 0 Å². The molecule has 0 aromatic heterocycles. The van der Waals surface area contributed by atoms with E-state index in [0.29, 0.717) is 13.1 Å². The second kappa shape index (κ2) is 5.27. The van der Waals surface area contributed by atoms with Gasteiger partial charge in [0.25, 0.3) is 0 Å². The van der Waals surface area contributed by atoms with Gasteiger partial charge in [0.05, 0.1) is 13.7 Å². The maximum atomic E-state index is 12.0. The third-order valence-corrected chi connectivity index (χ3v) is 3.27. The zero-order valence-electron chi connectivity index (χ0n) is 10.7. The van der Waals surface area contributed by atoms with Crippen LogP contribution in [0.1, 0.15) is 0 Å². The van der Waals surface area contributed by atoms with E-state index in [0.717, 1.165) is 11.4 Å². The second-order valence-corrected chi connectivity index (χ2v) is 4.35. The SMILES string of the molecule is COc1cccc(N2CCN(C)C(=O)C2CO)c1. The molecular weight excluding hydrogens is 232 g/mol. The van der Waals surface area contributed by atoms with Crippen molar-refractivity contribution < 1.29 is 14.6 Å². The Bertz CT molecular complexity index is 436. The fraction of sp³-hybridized carbons (Fsp3) is 0.462.